The third-order valence-corrected chi connectivity index (χ3v) is 4.41. The molecule has 2 aliphatic carbocycles. The first-order valence-corrected chi connectivity index (χ1v) is 6.99. The van der Waals surface area contributed by atoms with Crippen molar-refractivity contribution in [1.82, 2.24) is 4.98 Å². The van der Waals surface area contributed by atoms with Crippen LogP contribution in [0.5, 0.6) is 0 Å². The van der Waals surface area contributed by atoms with E-state index in [1.165, 1.54) is 22.2 Å². The Morgan fingerprint density at radius 2 is 2.00 bits per heavy atom. The van der Waals surface area contributed by atoms with Crippen molar-refractivity contribution in [2.75, 3.05) is 0 Å². The molecule has 0 amide bonds. The summed E-state index contributed by atoms with van der Waals surface area (Å²) < 4.78 is 0. The summed E-state index contributed by atoms with van der Waals surface area (Å²) in [4.78, 5) is 4.80. The van der Waals surface area contributed by atoms with E-state index in [0.717, 1.165) is 23.4 Å². The fraction of sp³-hybridized carbons (Fsp3) is 0.176. The molecule has 0 saturated heterocycles. The van der Waals surface area contributed by atoms with Crippen LogP contribution in [0.2, 0.25) is 0 Å². The van der Waals surface area contributed by atoms with E-state index in [4.69, 9.17) is 16.6 Å². The van der Waals surface area contributed by atoms with E-state index >= 15 is 0 Å². The largest absolute Gasteiger partial charge is 0.252 e. The Kier molecular flexibility index (Phi) is 2.49. The smallest absolute Gasteiger partial charge is 0.0705 e. The predicted octanol–water partition coefficient (Wildman–Crippen LogP) is 4.75. The standard InChI is InChI=1S/C17H13ClN/c18-15-6-3-5-12-13(15)10-14(12)17-9-8-11-4-1-2-7-16(11)19-17/h1-2,4-9,14H,3,10H2. The molecule has 0 aliphatic heterocycles. The lowest BCUT2D eigenvalue weighted by molar-refractivity contribution is 0.658. The SMILES string of the molecule is ClC1=C2CC(c3ccc4ccccc4n3)C2=CC[CH]1. The molecule has 1 radical (unpaired) electrons. The number of nitrogens with zero attached hydrogens (tertiary/aromatic N) is 1. The van der Waals surface area contributed by atoms with Gasteiger partial charge in [0.05, 0.1) is 5.52 Å². The monoisotopic (exact) mass is 266 g/mol. The van der Waals surface area contributed by atoms with Crippen molar-refractivity contribution in [3.63, 3.8) is 0 Å². The topological polar surface area (TPSA) is 12.9 Å². The summed E-state index contributed by atoms with van der Waals surface area (Å²) in [6.45, 7) is 0. The highest BCUT2D eigenvalue weighted by Gasteiger charge is 2.35. The first-order valence-electron chi connectivity index (χ1n) is 6.61. The van der Waals surface area contributed by atoms with Crippen LogP contribution in [0.25, 0.3) is 10.9 Å². The highest BCUT2D eigenvalue weighted by molar-refractivity contribution is 6.31. The van der Waals surface area contributed by atoms with Gasteiger partial charge in [-0.05, 0) is 36.1 Å². The third kappa shape index (κ3) is 1.73. The molecule has 1 aromatic carbocycles. The van der Waals surface area contributed by atoms with Crippen molar-refractivity contribution in [1.29, 1.82) is 0 Å². The van der Waals surface area contributed by atoms with Gasteiger partial charge < -0.3 is 0 Å². The second kappa shape index (κ2) is 4.21. The van der Waals surface area contributed by atoms with E-state index in [2.05, 4.69) is 36.8 Å². The fourth-order valence-electron chi connectivity index (χ4n) is 2.96. The van der Waals surface area contributed by atoms with Gasteiger partial charge in [-0.15, -0.1) is 0 Å². The van der Waals surface area contributed by atoms with Gasteiger partial charge >= 0.3 is 0 Å². The Labute approximate surface area is 117 Å². The van der Waals surface area contributed by atoms with Crippen LogP contribution >= 0.6 is 11.6 Å². The molecule has 93 valence electrons. The van der Waals surface area contributed by atoms with Gasteiger partial charge in [-0.1, -0.05) is 41.9 Å². The van der Waals surface area contributed by atoms with E-state index in [0.29, 0.717) is 5.92 Å². The van der Waals surface area contributed by atoms with Crippen LogP contribution < -0.4 is 0 Å². The summed E-state index contributed by atoms with van der Waals surface area (Å²) in [5.41, 5.74) is 4.94. The summed E-state index contributed by atoms with van der Waals surface area (Å²) in [5, 5.41) is 2.14. The maximum atomic E-state index is 6.22. The molecule has 0 N–H and O–H groups in total. The van der Waals surface area contributed by atoms with Gasteiger partial charge in [0, 0.05) is 28.5 Å². The van der Waals surface area contributed by atoms with Gasteiger partial charge in [-0.25, -0.2) is 0 Å². The van der Waals surface area contributed by atoms with Gasteiger partial charge in [-0.3, -0.25) is 4.98 Å². The number of aromatic nitrogens is 1. The maximum absolute atomic E-state index is 6.22. The summed E-state index contributed by atoms with van der Waals surface area (Å²) >= 11 is 6.22. The molecule has 19 heavy (non-hydrogen) atoms. The van der Waals surface area contributed by atoms with Crippen molar-refractivity contribution < 1.29 is 0 Å². The molecule has 1 nitrogen and oxygen atoms in total. The molecule has 1 heterocycles. The van der Waals surface area contributed by atoms with Crippen LogP contribution in [-0.4, -0.2) is 4.98 Å². The lowest BCUT2D eigenvalue weighted by Crippen LogP contribution is -2.21. The fourth-order valence-corrected chi connectivity index (χ4v) is 3.24. The summed E-state index contributed by atoms with van der Waals surface area (Å²) in [7, 11) is 0. The van der Waals surface area contributed by atoms with Gasteiger partial charge in [0.1, 0.15) is 0 Å². The molecule has 2 heteroatoms. The van der Waals surface area contributed by atoms with Gasteiger partial charge in [0.15, 0.2) is 0 Å². The minimum atomic E-state index is 0.432. The lowest BCUT2D eigenvalue weighted by atomic mass is 9.70. The molecule has 1 aromatic heterocycles. The second-order valence-corrected chi connectivity index (χ2v) is 5.52. The van der Waals surface area contributed by atoms with Crippen LogP contribution in [0.3, 0.4) is 0 Å². The molecule has 2 aliphatic rings. The van der Waals surface area contributed by atoms with Crippen molar-refractivity contribution >= 4 is 22.5 Å². The number of hydrogen-bond donors (Lipinski definition) is 0. The van der Waals surface area contributed by atoms with E-state index in [1.54, 1.807) is 0 Å². The highest BCUT2D eigenvalue weighted by atomic mass is 35.5. The number of hydrogen-bond acceptors (Lipinski definition) is 1. The van der Waals surface area contributed by atoms with Crippen LogP contribution in [0, 0.1) is 6.42 Å². The number of allylic oxidation sites excluding steroid dienone is 4. The Morgan fingerprint density at radius 3 is 2.95 bits per heavy atom. The zero-order valence-corrected chi connectivity index (χ0v) is 11.2. The Morgan fingerprint density at radius 1 is 1.11 bits per heavy atom. The average Bonchev–Trinajstić information content (AvgIpc) is 2.41. The molecule has 0 spiro atoms. The van der Waals surface area contributed by atoms with E-state index in [-0.39, 0.29) is 0 Å². The Hall–Kier alpha value is -1.60. The third-order valence-electron chi connectivity index (χ3n) is 4.03. The van der Waals surface area contributed by atoms with Crippen molar-refractivity contribution in [3.8, 4) is 0 Å². The molecule has 1 fully saturated rings. The second-order valence-electron chi connectivity index (χ2n) is 5.11. The minimum absolute atomic E-state index is 0.432. The van der Waals surface area contributed by atoms with Crippen molar-refractivity contribution in [2.45, 2.75) is 18.8 Å². The number of fused-ring (bicyclic) bond motifs is 2. The molecule has 1 atom stereocenters. The van der Waals surface area contributed by atoms with Crippen LogP contribution in [0.15, 0.2) is 58.7 Å². The summed E-state index contributed by atoms with van der Waals surface area (Å²) in [5.74, 6) is 0.432. The van der Waals surface area contributed by atoms with Crippen molar-refractivity contribution in [3.05, 3.63) is 70.8 Å². The molecule has 1 saturated carbocycles. The number of rotatable bonds is 1. The number of halogens is 1. The average molecular weight is 267 g/mol. The highest BCUT2D eigenvalue weighted by Crippen LogP contribution is 2.50. The normalized spacial score (nSPS) is 21.9. The predicted molar refractivity (Wildman–Crippen MR) is 79.0 cm³/mol. The summed E-state index contributed by atoms with van der Waals surface area (Å²) in [6, 6.07) is 12.6. The van der Waals surface area contributed by atoms with E-state index < -0.39 is 0 Å². The molecular weight excluding hydrogens is 254 g/mol. The van der Waals surface area contributed by atoms with Gasteiger partial charge in [-0.2, -0.15) is 0 Å². The van der Waals surface area contributed by atoms with Gasteiger partial charge in [0.25, 0.3) is 0 Å². The minimum Gasteiger partial charge on any atom is -0.252 e. The molecule has 1 unspecified atom stereocenters. The van der Waals surface area contributed by atoms with E-state index in [1.807, 2.05) is 12.1 Å². The molecular formula is C17H13ClN. The first-order chi connectivity index (χ1) is 9.33. The van der Waals surface area contributed by atoms with Crippen LogP contribution in [-0.2, 0) is 0 Å². The van der Waals surface area contributed by atoms with E-state index in [9.17, 15) is 0 Å². The first kappa shape index (κ1) is 11.2. The molecule has 4 rings (SSSR count). The number of para-hydroxylation sites is 1. The zero-order chi connectivity index (χ0) is 12.8. The zero-order valence-electron chi connectivity index (χ0n) is 10.4. The Balaban J connectivity index is 1.75. The maximum Gasteiger partial charge on any atom is 0.0705 e. The van der Waals surface area contributed by atoms with Crippen LogP contribution in [0.4, 0.5) is 0 Å². The van der Waals surface area contributed by atoms with Gasteiger partial charge in [0.2, 0.25) is 0 Å². The quantitative estimate of drug-likeness (QED) is 0.726. The molecule has 0 bridgehead atoms. The Bertz CT molecular complexity index is 727. The molecule has 2 aromatic rings. The van der Waals surface area contributed by atoms with Crippen molar-refractivity contribution in [2.24, 2.45) is 0 Å². The summed E-state index contributed by atoms with van der Waals surface area (Å²) in [6.07, 6.45) is 6.34. The lowest BCUT2D eigenvalue weighted by Gasteiger charge is -2.36. The number of pyridine rings is 1. The number of benzene rings is 1. The van der Waals surface area contributed by atoms with Crippen LogP contribution in [0.1, 0.15) is 24.5 Å².